The van der Waals surface area contributed by atoms with Gasteiger partial charge in [0.1, 0.15) is 6.33 Å². The smallest absolute Gasteiger partial charge is 0.115 e. The summed E-state index contributed by atoms with van der Waals surface area (Å²) in [4.78, 5) is 7.35. The van der Waals surface area contributed by atoms with Crippen LogP contribution in [0.3, 0.4) is 0 Å². The monoisotopic (exact) mass is 181 g/mol. The van der Waals surface area contributed by atoms with Crippen LogP contribution in [0.15, 0.2) is 24.8 Å². The molecule has 1 N–H and O–H groups in total. The highest BCUT2D eigenvalue weighted by Crippen LogP contribution is 2.04. The van der Waals surface area contributed by atoms with Crippen molar-refractivity contribution in [2.45, 2.75) is 19.3 Å². The number of hydrogen-bond donors (Lipinski definition) is 1. The van der Waals surface area contributed by atoms with Gasteiger partial charge in [-0.25, -0.2) is 9.97 Å². The zero-order valence-electron chi connectivity index (χ0n) is 7.63. The summed E-state index contributed by atoms with van der Waals surface area (Å²) in [6, 6.07) is 1.78. The van der Waals surface area contributed by atoms with Gasteiger partial charge < -0.3 is 5.21 Å². The Morgan fingerprint density at radius 2 is 1.62 bits per heavy atom. The molecule has 0 aromatic carbocycles. The summed E-state index contributed by atoms with van der Waals surface area (Å²) in [6.07, 6.45) is 8.49. The molecular weight excluding hydrogens is 166 g/mol. The van der Waals surface area contributed by atoms with E-state index in [4.69, 9.17) is 5.21 Å². The number of aromatic nitrogens is 2. The molecule has 4 nitrogen and oxygen atoms in total. The molecule has 0 bridgehead atoms. The van der Waals surface area contributed by atoms with Gasteiger partial charge >= 0.3 is 0 Å². The highest BCUT2D eigenvalue weighted by Gasteiger charge is 2.04. The van der Waals surface area contributed by atoms with Crippen LogP contribution in [0.25, 0.3) is 0 Å². The average Bonchev–Trinajstić information content (AvgIpc) is 2.22. The predicted octanol–water partition coefficient (Wildman–Crippen LogP) is 1.34. The van der Waals surface area contributed by atoms with E-state index in [1.807, 2.05) is 0 Å². The third-order valence-corrected chi connectivity index (χ3v) is 1.81. The first-order valence-electron chi connectivity index (χ1n) is 4.53. The van der Waals surface area contributed by atoms with Crippen LogP contribution in [0.4, 0.5) is 0 Å². The number of hydroxylamine groups is 2. The van der Waals surface area contributed by atoms with Gasteiger partial charge in [-0.2, -0.15) is 5.06 Å². The van der Waals surface area contributed by atoms with Crippen LogP contribution in [0, 0.1) is 0 Å². The fourth-order valence-corrected chi connectivity index (χ4v) is 1.13. The number of rotatable bonds is 0. The van der Waals surface area contributed by atoms with Gasteiger partial charge in [0.15, 0.2) is 0 Å². The minimum atomic E-state index is 0.875. The minimum absolute atomic E-state index is 0.875. The Bertz CT molecular complexity index is 173. The normalized spacial score (nSPS) is 17.3. The van der Waals surface area contributed by atoms with Gasteiger partial charge in [-0.05, 0) is 18.9 Å². The predicted molar refractivity (Wildman–Crippen MR) is 49.2 cm³/mol. The van der Waals surface area contributed by atoms with Crippen molar-refractivity contribution in [2.24, 2.45) is 0 Å². The molecule has 0 atom stereocenters. The van der Waals surface area contributed by atoms with Crippen LogP contribution in [0.1, 0.15) is 19.3 Å². The summed E-state index contributed by atoms with van der Waals surface area (Å²) in [5.41, 5.74) is 0. The quantitative estimate of drug-likeness (QED) is 0.656. The van der Waals surface area contributed by atoms with E-state index in [1.165, 1.54) is 17.8 Å². The van der Waals surface area contributed by atoms with Crippen molar-refractivity contribution in [3.8, 4) is 0 Å². The zero-order chi connectivity index (χ0) is 9.36. The molecule has 4 heteroatoms. The molecule has 0 radical (unpaired) electrons. The van der Waals surface area contributed by atoms with Crippen LogP contribution < -0.4 is 0 Å². The summed E-state index contributed by atoms with van der Waals surface area (Å²) in [5.74, 6) is 0. The lowest BCUT2D eigenvalue weighted by atomic mass is 10.2. The molecule has 0 unspecified atom stereocenters. The molecule has 72 valence electrons. The second kappa shape index (κ2) is 6.51. The van der Waals surface area contributed by atoms with Crippen LogP contribution in [0.5, 0.6) is 0 Å². The maximum absolute atomic E-state index is 8.74. The highest BCUT2D eigenvalue weighted by molar-refractivity contribution is 4.74. The van der Waals surface area contributed by atoms with E-state index >= 15 is 0 Å². The molecule has 13 heavy (non-hydrogen) atoms. The first kappa shape index (κ1) is 10.1. The fourth-order valence-electron chi connectivity index (χ4n) is 1.13. The van der Waals surface area contributed by atoms with Crippen LogP contribution in [0.2, 0.25) is 0 Å². The summed E-state index contributed by atoms with van der Waals surface area (Å²) in [7, 11) is 0. The molecule has 0 spiro atoms. The second-order valence-electron chi connectivity index (χ2n) is 2.92. The number of piperidine rings is 1. The summed E-state index contributed by atoms with van der Waals surface area (Å²) < 4.78 is 0. The second-order valence-corrected chi connectivity index (χ2v) is 2.92. The van der Waals surface area contributed by atoms with E-state index in [9.17, 15) is 0 Å². The van der Waals surface area contributed by atoms with Crippen molar-refractivity contribution in [1.82, 2.24) is 15.0 Å². The maximum Gasteiger partial charge on any atom is 0.115 e. The lowest BCUT2D eigenvalue weighted by Gasteiger charge is -2.18. The van der Waals surface area contributed by atoms with Gasteiger partial charge in [-0.3, -0.25) is 0 Å². The lowest BCUT2D eigenvalue weighted by molar-refractivity contribution is -0.103. The first-order chi connectivity index (χ1) is 6.39. The summed E-state index contributed by atoms with van der Waals surface area (Å²) >= 11 is 0. The van der Waals surface area contributed by atoms with E-state index in [0.717, 1.165) is 25.9 Å². The molecule has 0 aliphatic carbocycles. The molecule has 1 aliphatic heterocycles. The van der Waals surface area contributed by atoms with Crippen molar-refractivity contribution >= 4 is 0 Å². The molecule has 2 rings (SSSR count). The summed E-state index contributed by atoms with van der Waals surface area (Å²) in [6.45, 7) is 1.75. The van der Waals surface area contributed by atoms with E-state index in [0.29, 0.717) is 0 Å². The third-order valence-electron chi connectivity index (χ3n) is 1.81. The van der Waals surface area contributed by atoms with Crippen LogP contribution >= 0.6 is 0 Å². The highest BCUT2D eigenvalue weighted by atomic mass is 16.5. The molecule has 1 fully saturated rings. The van der Waals surface area contributed by atoms with Crippen LogP contribution in [-0.4, -0.2) is 33.3 Å². The Morgan fingerprint density at radius 3 is 1.85 bits per heavy atom. The average molecular weight is 181 g/mol. The maximum atomic E-state index is 8.74. The molecule has 1 saturated heterocycles. The Balaban J connectivity index is 0.000000132. The molecule has 0 saturated carbocycles. The Kier molecular flexibility index (Phi) is 5.05. The zero-order valence-corrected chi connectivity index (χ0v) is 7.63. The standard InChI is InChI=1S/C5H11NO.C4H4N2/c7-6-4-2-1-3-5-6;1-2-5-4-6-3-1/h7H,1-5H2;1-4H. The minimum Gasteiger partial charge on any atom is -0.314 e. The summed E-state index contributed by atoms with van der Waals surface area (Å²) in [5, 5.41) is 10.1. The topological polar surface area (TPSA) is 49.2 Å². The van der Waals surface area contributed by atoms with E-state index < -0.39 is 0 Å². The SMILES string of the molecule is ON1CCCCC1.c1cncnc1. The number of nitrogens with zero attached hydrogens (tertiary/aromatic N) is 3. The van der Waals surface area contributed by atoms with Gasteiger partial charge in [-0.1, -0.05) is 6.42 Å². The Hall–Kier alpha value is -1.00. The van der Waals surface area contributed by atoms with Crippen molar-refractivity contribution in [3.05, 3.63) is 24.8 Å². The van der Waals surface area contributed by atoms with Gasteiger partial charge in [0, 0.05) is 25.5 Å². The van der Waals surface area contributed by atoms with Gasteiger partial charge in [0.25, 0.3) is 0 Å². The van der Waals surface area contributed by atoms with E-state index in [1.54, 1.807) is 18.5 Å². The van der Waals surface area contributed by atoms with E-state index in [-0.39, 0.29) is 0 Å². The molecule has 1 aromatic rings. The molecule has 2 heterocycles. The Morgan fingerprint density at radius 1 is 1.00 bits per heavy atom. The van der Waals surface area contributed by atoms with Gasteiger partial charge in [0.2, 0.25) is 0 Å². The van der Waals surface area contributed by atoms with Crippen molar-refractivity contribution in [2.75, 3.05) is 13.1 Å². The van der Waals surface area contributed by atoms with Gasteiger partial charge in [0.05, 0.1) is 0 Å². The lowest BCUT2D eigenvalue weighted by Crippen LogP contribution is -2.25. The first-order valence-corrected chi connectivity index (χ1v) is 4.53. The van der Waals surface area contributed by atoms with Crippen molar-refractivity contribution in [1.29, 1.82) is 0 Å². The van der Waals surface area contributed by atoms with Crippen molar-refractivity contribution in [3.63, 3.8) is 0 Å². The Labute approximate surface area is 78.2 Å². The fraction of sp³-hybridized carbons (Fsp3) is 0.556. The molecule has 1 aliphatic rings. The molecule has 1 aromatic heterocycles. The molecule has 0 amide bonds. The largest absolute Gasteiger partial charge is 0.314 e. The third kappa shape index (κ3) is 5.27. The van der Waals surface area contributed by atoms with Crippen LogP contribution in [-0.2, 0) is 0 Å². The molecular formula is C9H15N3O. The van der Waals surface area contributed by atoms with E-state index in [2.05, 4.69) is 9.97 Å². The van der Waals surface area contributed by atoms with Crippen molar-refractivity contribution < 1.29 is 5.21 Å². The number of hydrogen-bond acceptors (Lipinski definition) is 4. The van der Waals surface area contributed by atoms with Gasteiger partial charge in [-0.15, -0.1) is 0 Å².